The van der Waals surface area contributed by atoms with Crippen LogP contribution >= 0.6 is 0 Å². The molecule has 2 aliphatic rings. The number of carbonyl (C=O) groups excluding carboxylic acids is 1. The summed E-state index contributed by atoms with van der Waals surface area (Å²) in [7, 11) is 0. The molecule has 10 heteroatoms. The highest BCUT2D eigenvalue weighted by atomic mass is 19.4. The van der Waals surface area contributed by atoms with Crippen LogP contribution in [-0.4, -0.2) is 21.4 Å². The predicted octanol–water partition coefficient (Wildman–Crippen LogP) is 5.01. The summed E-state index contributed by atoms with van der Waals surface area (Å²) in [4.78, 5) is 21.8. The van der Waals surface area contributed by atoms with E-state index in [0.29, 0.717) is 28.5 Å². The van der Waals surface area contributed by atoms with Crippen LogP contribution in [0.15, 0.2) is 30.7 Å². The third kappa shape index (κ3) is 5.10. The average Bonchev–Trinajstić information content (AvgIpc) is 3.22. The Morgan fingerprint density at radius 1 is 1.21 bits per heavy atom. The molecule has 2 aromatic rings. The Morgan fingerprint density at radius 3 is 2.50 bits per heavy atom. The minimum atomic E-state index is -4.45. The van der Waals surface area contributed by atoms with Gasteiger partial charge >= 0.3 is 6.18 Å². The maximum atomic E-state index is 13.4. The fraction of sp³-hybridized carbons (Fsp3) is 0.458. The molecular formula is C24H27F3N4O3. The number of hydrogen-bond donors (Lipinski definition) is 2. The Kier molecular flexibility index (Phi) is 6.18. The van der Waals surface area contributed by atoms with E-state index < -0.39 is 24.1 Å². The molecule has 2 heterocycles. The SMILES string of the molecule is Cc1nc(N[C@H](C)c2cccc(C(F)(F)F)c2C)c(CC(=O)NC2(C)CC2)c(C2OC=CO2)n1. The first-order chi connectivity index (χ1) is 16.0. The number of benzene rings is 1. The minimum absolute atomic E-state index is 0.0367. The Balaban J connectivity index is 1.68. The Hall–Kier alpha value is -3.30. The van der Waals surface area contributed by atoms with Crippen LogP contribution in [0, 0.1) is 13.8 Å². The molecule has 2 N–H and O–H groups in total. The number of hydrogen-bond acceptors (Lipinski definition) is 6. The number of alkyl halides is 3. The molecule has 1 aromatic heterocycles. The standard InChI is InChI=1S/C24H27F3N4O3/c1-13-16(6-5-7-18(13)24(25,26)27)14(2)28-21-17(12-19(32)31-23(4)8-9-23)20(29-15(3)30-21)22-33-10-11-34-22/h5-7,10-11,14,22H,8-9,12H2,1-4H3,(H,31,32)(H,28,29,30)/t14-/m1/s1. The predicted molar refractivity (Wildman–Crippen MR) is 119 cm³/mol. The van der Waals surface area contributed by atoms with Gasteiger partial charge in [-0.3, -0.25) is 4.79 Å². The Labute approximate surface area is 195 Å². The second-order valence-electron chi connectivity index (χ2n) is 9.03. The van der Waals surface area contributed by atoms with Crippen LogP contribution in [0.3, 0.4) is 0 Å². The lowest BCUT2D eigenvalue weighted by Gasteiger charge is -2.24. The lowest BCUT2D eigenvalue weighted by Crippen LogP contribution is -2.36. The van der Waals surface area contributed by atoms with Crippen LogP contribution in [0.5, 0.6) is 0 Å². The third-order valence-corrected chi connectivity index (χ3v) is 6.11. The number of rotatable bonds is 7. The monoisotopic (exact) mass is 476 g/mol. The number of aryl methyl sites for hydroxylation is 1. The molecule has 34 heavy (non-hydrogen) atoms. The molecule has 0 saturated heterocycles. The summed E-state index contributed by atoms with van der Waals surface area (Å²) in [5, 5.41) is 6.22. The summed E-state index contributed by atoms with van der Waals surface area (Å²) in [6.07, 6.45) is -0.738. The van der Waals surface area contributed by atoms with Crippen LogP contribution in [0.4, 0.5) is 19.0 Å². The van der Waals surface area contributed by atoms with Gasteiger partial charge in [0.2, 0.25) is 5.91 Å². The van der Waals surface area contributed by atoms with Gasteiger partial charge in [-0.15, -0.1) is 0 Å². The van der Waals surface area contributed by atoms with E-state index in [0.717, 1.165) is 18.9 Å². The molecule has 0 bridgehead atoms. The highest BCUT2D eigenvalue weighted by molar-refractivity contribution is 5.81. The molecule has 1 aliphatic heterocycles. The van der Waals surface area contributed by atoms with Crippen molar-refractivity contribution in [2.75, 3.05) is 5.32 Å². The quantitative estimate of drug-likeness (QED) is 0.584. The topological polar surface area (TPSA) is 85.4 Å². The molecule has 1 amide bonds. The van der Waals surface area contributed by atoms with E-state index in [-0.39, 0.29) is 23.4 Å². The zero-order valence-electron chi connectivity index (χ0n) is 19.4. The maximum Gasteiger partial charge on any atom is 0.416 e. The first-order valence-electron chi connectivity index (χ1n) is 11.0. The van der Waals surface area contributed by atoms with Gasteiger partial charge in [0.05, 0.1) is 18.0 Å². The van der Waals surface area contributed by atoms with Crippen molar-refractivity contribution in [3.63, 3.8) is 0 Å². The maximum absolute atomic E-state index is 13.4. The van der Waals surface area contributed by atoms with Crippen LogP contribution in [0.2, 0.25) is 0 Å². The number of carbonyl (C=O) groups is 1. The number of nitrogens with zero attached hydrogens (tertiary/aromatic N) is 2. The number of ether oxygens (including phenoxy) is 2. The van der Waals surface area contributed by atoms with Gasteiger partial charge in [-0.2, -0.15) is 13.2 Å². The molecule has 7 nitrogen and oxygen atoms in total. The summed E-state index contributed by atoms with van der Waals surface area (Å²) < 4.78 is 51.2. The van der Waals surface area contributed by atoms with Gasteiger partial charge in [0, 0.05) is 11.1 Å². The van der Waals surface area contributed by atoms with Crippen LogP contribution in [-0.2, 0) is 26.9 Å². The first-order valence-corrected chi connectivity index (χ1v) is 11.0. The molecule has 1 aromatic carbocycles. The largest absolute Gasteiger partial charge is 0.454 e. The van der Waals surface area contributed by atoms with Crippen LogP contribution in [0.1, 0.15) is 72.8 Å². The van der Waals surface area contributed by atoms with Gasteiger partial charge < -0.3 is 20.1 Å². The van der Waals surface area contributed by atoms with E-state index in [9.17, 15) is 18.0 Å². The van der Waals surface area contributed by atoms with Crippen LogP contribution < -0.4 is 10.6 Å². The summed E-state index contributed by atoms with van der Waals surface area (Å²) in [5.41, 5.74) is 0.578. The molecule has 1 saturated carbocycles. The molecule has 0 unspecified atom stereocenters. The number of aromatic nitrogens is 2. The van der Waals surface area contributed by atoms with Crippen LogP contribution in [0.25, 0.3) is 0 Å². The summed E-state index contributed by atoms with van der Waals surface area (Å²) in [5.74, 6) is 0.551. The van der Waals surface area contributed by atoms with Crippen molar-refractivity contribution in [2.24, 2.45) is 0 Å². The lowest BCUT2D eigenvalue weighted by molar-refractivity contribution is -0.138. The van der Waals surface area contributed by atoms with Crippen molar-refractivity contribution in [1.29, 1.82) is 0 Å². The van der Waals surface area contributed by atoms with Crippen molar-refractivity contribution in [1.82, 2.24) is 15.3 Å². The second kappa shape index (κ2) is 8.81. The van der Waals surface area contributed by atoms with E-state index in [1.54, 1.807) is 19.9 Å². The second-order valence-corrected chi connectivity index (χ2v) is 9.03. The first kappa shape index (κ1) is 23.8. The molecular weight excluding hydrogens is 449 g/mol. The zero-order chi connectivity index (χ0) is 24.7. The van der Waals surface area contributed by atoms with Crippen molar-refractivity contribution in [2.45, 2.75) is 71.0 Å². The average molecular weight is 476 g/mol. The van der Waals surface area contributed by atoms with Gasteiger partial charge in [0.25, 0.3) is 6.29 Å². The van der Waals surface area contributed by atoms with Crippen molar-refractivity contribution >= 4 is 11.7 Å². The molecule has 4 rings (SSSR count). The van der Waals surface area contributed by atoms with E-state index in [1.165, 1.54) is 25.5 Å². The normalized spacial score (nSPS) is 17.6. The van der Waals surface area contributed by atoms with Gasteiger partial charge in [0.1, 0.15) is 29.9 Å². The molecule has 1 atom stereocenters. The summed E-state index contributed by atoms with van der Waals surface area (Å²) in [6, 6.07) is 3.56. The van der Waals surface area contributed by atoms with E-state index in [1.807, 2.05) is 6.92 Å². The minimum Gasteiger partial charge on any atom is -0.454 e. The Morgan fingerprint density at radius 2 is 1.88 bits per heavy atom. The third-order valence-electron chi connectivity index (χ3n) is 6.11. The zero-order valence-corrected chi connectivity index (χ0v) is 19.4. The van der Waals surface area contributed by atoms with Crippen molar-refractivity contribution in [3.05, 3.63) is 64.5 Å². The van der Waals surface area contributed by atoms with Crippen molar-refractivity contribution < 1.29 is 27.4 Å². The fourth-order valence-corrected chi connectivity index (χ4v) is 4.04. The lowest BCUT2D eigenvalue weighted by atomic mass is 9.97. The van der Waals surface area contributed by atoms with Gasteiger partial charge in [0.15, 0.2) is 0 Å². The van der Waals surface area contributed by atoms with Crippen molar-refractivity contribution in [3.8, 4) is 0 Å². The molecule has 1 fully saturated rings. The summed E-state index contributed by atoms with van der Waals surface area (Å²) >= 11 is 0. The number of nitrogens with one attached hydrogen (secondary N) is 2. The van der Waals surface area contributed by atoms with Gasteiger partial charge in [-0.1, -0.05) is 12.1 Å². The highest BCUT2D eigenvalue weighted by Crippen LogP contribution is 2.37. The summed E-state index contributed by atoms with van der Waals surface area (Å²) in [6.45, 7) is 6.86. The van der Waals surface area contributed by atoms with Gasteiger partial charge in [-0.25, -0.2) is 9.97 Å². The highest BCUT2D eigenvalue weighted by Gasteiger charge is 2.39. The molecule has 0 radical (unpaired) electrons. The van der Waals surface area contributed by atoms with E-state index >= 15 is 0 Å². The molecule has 1 aliphatic carbocycles. The van der Waals surface area contributed by atoms with E-state index in [2.05, 4.69) is 20.6 Å². The Bertz CT molecular complexity index is 1120. The number of anilines is 1. The number of halogens is 3. The van der Waals surface area contributed by atoms with Gasteiger partial charge in [-0.05, 0) is 57.7 Å². The van der Waals surface area contributed by atoms with E-state index in [4.69, 9.17) is 9.47 Å². The number of amides is 1. The molecule has 182 valence electrons. The molecule has 0 spiro atoms. The smallest absolute Gasteiger partial charge is 0.416 e. The fourth-order valence-electron chi connectivity index (χ4n) is 4.04.